The molecule has 1 heterocycles. The number of nitrogens with zero attached hydrogens (tertiary/aromatic N) is 1. The van der Waals surface area contributed by atoms with Crippen LogP contribution in [0.5, 0.6) is 0 Å². The standard InChI is InChI=1S/C14H13F6NO2/c15-13(16,17)12(14(18,19)20)8-21(7-10(12)11(22)23)6-9-4-2-1-3-5-9/h1-5,10H,6-8H2,(H,22,23). The summed E-state index contributed by atoms with van der Waals surface area (Å²) >= 11 is 0. The number of carboxylic acids is 1. The fraction of sp³-hybridized carbons (Fsp3) is 0.500. The molecule has 1 aromatic rings. The van der Waals surface area contributed by atoms with Gasteiger partial charge in [0.05, 0.1) is 5.92 Å². The molecular weight excluding hydrogens is 328 g/mol. The maximum Gasteiger partial charge on any atom is 0.405 e. The molecule has 1 N–H and O–H groups in total. The van der Waals surface area contributed by atoms with Gasteiger partial charge in [0.1, 0.15) is 0 Å². The average molecular weight is 341 g/mol. The Morgan fingerprint density at radius 3 is 2.04 bits per heavy atom. The smallest absolute Gasteiger partial charge is 0.405 e. The lowest BCUT2D eigenvalue weighted by Gasteiger charge is -2.36. The zero-order chi connectivity index (χ0) is 17.5. The minimum Gasteiger partial charge on any atom is -0.481 e. The van der Waals surface area contributed by atoms with Crippen LogP contribution in [0.25, 0.3) is 0 Å². The Morgan fingerprint density at radius 1 is 1.13 bits per heavy atom. The quantitative estimate of drug-likeness (QED) is 0.858. The second kappa shape index (κ2) is 5.70. The van der Waals surface area contributed by atoms with Crippen molar-refractivity contribution in [2.75, 3.05) is 13.1 Å². The van der Waals surface area contributed by atoms with Crippen LogP contribution in [0, 0.1) is 11.3 Å². The van der Waals surface area contributed by atoms with Crippen LogP contribution in [-0.4, -0.2) is 41.4 Å². The average Bonchev–Trinajstić information content (AvgIpc) is 2.80. The lowest BCUT2D eigenvalue weighted by molar-refractivity contribution is -0.346. The molecule has 3 nitrogen and oxygen atoms in total. The third-order valence-corrected chi connectivity index (χ3v) is 4.07. The SMILES string of the molecule is O=C(O)C1CN(Cc2ccccc2)CC1(C(F)(F)F)C(F)(F)F. The molecule has 1 aliphatic rings. The number of hydrogen-bond acceptors (Lipinski definition) is 2. The summed E-state index contributed by atoms with van der Waals surface area (Å²) in [5.41, 5.74) is -3.75. The number of aliphatic carboxylic acids is 1. The van der Waals surface area contributed by atoms with E-state index in [4.69, 9.17) is 5.11 Å². The van der Waals surface area contributed by atoms with Gasteiger partial charge in [-0.15, -0.1) is 0 Å². The number of carbonyl (C=O) groups is 1. The minimum atomic E-state index is -5.71. The first-order valence-corrected chi connectivity index (χ1v) is 6.61. The molecule has 1 saturated heterocycles. The van der Waals surface area contributed by atoms with Crippen molar-refractivity contribution < 1.29 is 36.2 Å². The van der Waals surface area contributed by atoms with Gasteiger partial charge in [-0.2, -0.15) is 26.3 Å². The Bertz CT molecular complexity index is 555. The van der Waals surface area contributed by atoms with Gasteiger partial charge in [-0.25, -0.2) is 0 Å². The summed E-state index contributed by atoms with van der Waals surface area (Å²) in [5, 5.41) is 8.93. The van der Waals surface area contributed by atoms with E-state index in [9.17, 15) is 31.1 Å². The highest BCUT2D eigenvalue weighted by atomic mass is 19.4. The van der Waals surface area contributed by atoms with Crippen molar-refractivity contribution in [2.45, 2.75) is 18.9 Å². The van der Waals surface area contributed by atoms with Crippen molar-refractivity contribution in [3.63, 3.8) is 0 Å². The molecule has 0 radical (unpaired) electrons. The summed E-state index contributed by atoms with van der Waals surface area (Å²) in [6, 6.07) is 7.96. The van der Waals surface area contributed by atoms with Gasteiger partial charge in [-0.1, -0.05) is 30.3 Å². The van der Waals surface area contributed by atoms with E-state index in [0.717, 1.165) is 4.90 Å². The van der Waals surface area contributed by atoms with Crippen LogP contribution in [-0.2, 0) is 11.3 Å². The van der Waals surface area contributed by atoms with Crippen molar-refractivity contribution in [1.82, 2.24) is 4.90 Å². The van der Waals surface area contributed by atoms with Crippen molar-refractivity contribution in [2.24, 2.45) is 11.3 Å². The van der Waals surface area contributed by atoms with Crippen molar-refractivity contribution in [1.29, 1.82) is 0 Å². The van der Waals surface area contributed by atoms with Crippen molar-refractivity contribution in [3.8, 4) is 0 Å². The Balaban J connectivity index is 2.39. The van der Waals surface area contributed by atoms with E-state index in [1.165, 1.54) is 0 Å². The molecule has 0 aliphatic carbocycles. The molecule has 128 valence electrons. The zero-order valence-electron chi connectivity index (χ0n) is 11.7. The summed E-state index contributed by atoms with van der Waals surface area (Å²) < 4.78 is 79.3. The monoisotopic (exact) mass is 341 g/mol. The Labute approximate surface area is 127 Å². The number of carboxylic acid groups (broad SMARTS) is 1. The van der Waals surface area contributed by atoms with Crippen LogP contribution >= 0.6 is 0 Å². The van der Waals surface area contributed by atoms with E-state index in [2.05, 4.69) is 0 Å². The first kappa shape index (κ1) is 17.6. The molecule has 1 fully saturated rings. The van der Waals surface area contributed by atoms with Gasteiger partial charge in [0.25, 0.3) is 0 Å². The topological polar surface area (TPSA) is 40.5 Å². The van der Waals surface area contributed by atoms with E-state index in [1.54, 1.807) is 30.3 Å². The summed E-state index contributed by atoms with van der Waals surface area (Å²) in [7, 11) is 0. The molecule has 0 bridgehead atoms. The molecule has 9 heteroatoms. The molecule has 1 aliphatic heterocycles. The largest absolute Gasteiger partial charge is 0.481 e. The van der Waals surface area contributed by atoms with Gasteiger partial charge in [0.2, 0.25) is 0 Å². The summed E-state index contributed by atoms with van der Waals surface area (Å²) in [6.07, 6.45) is -11.4. The van der Waals surface area contributed by atoms with E-state index < -0.39 is 42.7 Å². The van der Waals surface area contributed by atoms with Crippen molar-refractivity contribution >= 4 is 5.97 Å². The van der Waals surface area contributed by atoms with Gasteiger partial charge in [0.15, 0.2) is 5.41 Å². The highest BCUT2D eigenvalue weighted by Gasteiger charge is 2.78. The number of likely N-dealkylation sites (tertiary alicyclic amines) is 1. The highest BCUT2D eigenvalue weighted by Crippen LogP contribution is 2.58. The van der Waals surface area contributed by atoms with Gasteiger partial charge in [0, 0.05) is 19.6 Å². The fourth-order valence-corrected chi connectivity index (χ4v) is 2.93. The van der Waals surface area contributed by atoms with E-state index >= 15 is 0 Å². The number of alkyl halides is 6. The van der Waals surface area contributed by atoms with E-state index in [-0.39, 0.29) is 6.54 Å². The molecule has 1 unspecified atom stereocenters. The Hall–Kier alpha value is -1.77. The van der Waals surface area contributed by atoms with Crippen LogP contribution in [0.1, 0.15) is 5.56 Å². The lowest BCUT2D eigenvalue weighted by Crippen LogP contribution is -2.57. The first-order chi connectivity index (χ1) is 10.5. The number of hydrogen-bond donors (Lipinski definition) is 1. The van der Waals surface area contributed by atoms with Crippen LogP contribution in [0.2, 0.25) is 0 Å². The molecule has 0 amide bonds. The van der Waals surface area contributed by atoms with Crippen LogP contribution in [0.4, 0.5) is 26.3 Å². The van der Waals surface area contributed by atoms with Gasteiger partial charge < -0.3 is 5.11 Å². The molecule has 1 aromatic carbocycles. The predicted molar refractivity (Wildman–Crippen MR) is 67.4 cm³/mol. The third-order valence-electron chi connectivity index (χ3n) is 4.07. The molecular formula is C14H13F6NO2. The number of halogens is 6. The zero-order valence-corrected chi connectivity index (χ0v) is 11.7. The number of benzene rings is 1. The van der Waals surface area contributed by atoms with Gasteiger partial charge in [-0.3, -0.25) is 9.69 Å². The van der Waals surface area contributed by atoms with Crippen LogP contribution in [0.15, 0.2) is 30.3 Å². The molecule has 23 heavy (non-hydrogen) atoms. The van der Waals surface area contributed by atoms with Crippen molar-refractivity contribution in [3.05, 3.63) is 35.9 Å². The maximum absolute atomic E-state index is 13.2. The second-order valence-electron chi connectivity index (χ2n) is 5.51. The predicted octanol–water partition coefficient (Wildman–Crippen LogP) is 3.31. The molecule has 0 spiro atoms. The molecule has 1 atom stereocenters. The first-order valence-electron chi connectivity index (χ1n) is 6.61. The van der Waals surface area contributed by atoms with Gasteiger partial charge in [-0.05, 0) is 5.56 Å². The summed E-state index contributed by atoms with van der Waals surface area (Å²) in [4.78, 5) is 12.0. The third kappa shape index (κ3) is 3.01. The van der Waals surface area contributed by atoms with Gasteiger partial charge >= 0.3 is 18.3 Å². The fourth-order valence-electron chi connectivity index (χ4n) is 2.93. The molecule has 0 aromatic heterocycles. The van der Waals surface area contributed by atoms with Crippen LogP contribution in [0.3, 0.4) is 0 Å². The maximum atomic E-state index is 13.2. The Kier molecular flexibility index (Phi) is 4.36. The molecule has 0 saturated carbocycles. The number of rotatable bonds is 3. The van der Waals surface area contributed by atoms with E-state index in [1.807, 2.05) is 0 Å². The lowest BCUT2D eigenvalue weighted by atomic mass is 9.76. The summed E-state index contributed by atoms with van der Waals surface area (Å²) in [6.45, 7) is -2.42. The minimum absolute atomic E-state index is 0.182. The normalized spacial score (nSPS) is 22.3. The molecule has 2 rings (SSSR count). The summed E-state index contributed by atoms with van der Waals surface area (Å²) in [5.74, 6) is -4.69. The highest BCUT2D eigenvalue weighted by molar-refractivity contribution is 5.72. The second-order valence-corrected chi connectivity index (χ2v) is 5.51. The Morgan fingerprint density at radius 2 is 1.65 bits per heavy atom. The van der Waals surface area contributed by atoms with E-state index in [0.29, 0.717) is 5.56 Å². The van der Waals surface area contributed by atoms with Crippen LogP contribution < -0.4 is 0 Å².